The quantitative estimate of drug-likeness (QED) is 0.355. The zero-order valence-electron chi connectivity index (χ0n) is 14.6. The number of aliphatic hydroxyl groups is 1. The fraction of sp³-hybridized carbons (Fsp3) is 0.211. The third kappa shape index (κ3) is 5.98. The summed E-state index contributed by atoms with van der Waals surface area (Å²) in [4.78, 5) is 12.8. The molecular weight excluding hydrogens is 350 g/mol. The summed E-state index contributed by atoms with van der Waals surface area (Å²) in [7, 11) is 0. The number of anilines is 2. The van der Waals surface area contributed by atoms with Crippen molar-refractivity contribution >= 4 is 35.5 Å². The number of aromatic nitrogens is 2. The van der Waals surface area contributed by atoms with Crippen LogP contribution in [0.1, 0.15) is 19.0 Å². The van der Waals surface area contributed by atoms with Gasteiger partial charge in [-0.05, 0) is 56.0 Å². The molecule has 0 fully saturated rings. The normalized spacial score (nSPS) is 12.0. The van der Waals surface area contributed by atoms with E-state index < -0.39 is 0 Å². The van der Waals surface area contributed by atoms with Crippen molar-refractivity contribution in [2.45, 2.75) is 13.3 Å². The van der Waals surface area contributed by atoms with E-state index in [1.807, 2.05) is 37.3 Å². The van der Waals surface area contributed by atoms with E-state index in [4.69, 9.17) is 16.7 Å². The van der Waals surface area contributed by atoms with Gasteiger partial charge in [0.25, 0.3) is 0 Å². The Labute approximate surface area is 158 Å². The number of aliphatic hydroxyl groups excluding tert-OH is 1. The summed E-state index contributed by atoms with van der Waals surface area (Å²) in [5.41, 5.74) is 2.43. The second-order valence-corrected chi connectivity index (χ2v) is 5.77. The molecule has 26 heavy (non-hydrogen) atoms. The molecule has 0 radical (unpaired) electrons. The Bertz CT molecular complexity index is 804. The van der Waals surface area contributed by atoms with Crippen molar-refractivity contribution in [1.82, 2.24) is 15.3 Å². The first-order chi connectivity index (χ1) is 12.7. The average Bonchev–Trinajstić information content (AvgIpc) is 2.65. The van der Waals surface area contributed by atoms with Crippen LogP contribution in [0.4, 0.5) is 11.6 Å². The average molecular weight is 372 g/mol. The Kier molecular flexibility index (Phi) is 7.79. The van der Waals surface area contributed by atoms with Gasteiger partial charge >= 0.3 is 0 Å². The molecule has 3 N–H and O–H groups in total. The van der Waals surface area contributed by atoms with Crippen LogP contribution in [0.25, 0.3) is 5.57 Å². The Hall–Kier alpha value is -2.70. The molecule has 0 spiro atoms. The number of hydrogen-bond donors (Lipinski definition) is 3. The smallest absolute Gasteiger partial charge is 0.227 e. The predicted molar refractivity (Wildman–Crippen MR) is 108 cm³/mol. The molecule has 1 heterocycles. The predicted octanol–water partition coefficient (Wildman–Crippen LogP) is 3.79. The Balaban J connectivity index is 2.19. The van der Waals surface area contributed by atoms with E-state index in [2.05, 4.69) is 32.3 Å². The molecule has 7 heteroatoms. The van der Waals surface area contributed by atoms with E-state index in [1.54, 1.807) is 18.3 Å². The van der Waals surface area contributed by atoms with Gasteiger partial charge < -0.3 is 15.7 Å². The first kappa shape index (κ1) is 19.6. The standard InChI is InChI=1S/C19H22ClN5O/c1-3-14(12-18(21-2)22-9-5-11-26)17-8-10-23-19(25-17)24-16-7-4-6-15(20)13-16/h3-4,6-8,10,12-13,22,26H,2,5,9,11H2,1H3,(H,23,24,25)/b14-3+,18-12+. The number of nitrogens with zero attached hydrogens (tertiary/aromatic N) is 3. The summed E-state index contributed by atoms with van der Waals surface area (Å²) in [6, 6.07) is 9.18. The van der Waals surface area contributed by atoms with Crippen LogP contribution in [0.2, 0.25) is 5.02 Å². The maximum atomic E-state index is 8.88. The molecule has 0 saturated carbocycles. The molecule has 2 aromatic rings. The second kappa shape index (κ2) is 10.3. The lowest BCUT2D eigenvalue weighted by atomic mass is 10.1. The van der Waals surface area contributed by atoms with Gasteiger partial charge in [0.1, 0.15) is 5.82 Å². The minimum atomic E-state index is 0.123. The van der Waals surface area contributed by atoms with Gasteiger partial charge in [0.05, 0.1) is 5.69 Å². The monoisotopic (exact) mass is 371 g/mol. The third-order valence-corrected chi connectivity index (χ3v) is 3.68. The summed E-state index contributed by atoms with van der Waals surface area (Å²) in [5, 5.41) is 15.8. The molecule has 6 nitrogen and oxygen atoms in total. The molecular formula is C19H22ClN5O. The number of aliphatic imine (C=N–C) groups is 1. The third-order valence-electron chi connectivity index (χ3n) is 3.45. The zero-order chi connectivity index (χ0) is 18.8. The van der Waals surface area contributed by atoms with Gasteiger partial charge in [0.2, 0.25) is 5.95 Å². The highest BCUT2D eigenvalue weighted by molar-refractivity contribution is 6.30. The maximum Gasteiger partial charge on any atom is 0.227 e. The van der Waals surface area contributed by atoms with Gasteiger partial charge in [-0.25, -0.2) is 15.0 Å². The molecule has 0 saturated heterocycles. The number of rotatable bonds is 9. The fourth-order valence-electron chi connectivity index (χ4n) is 2.18. The van der Waals surface area contributed by atoms with Crippen LogP contribution in [0.5, 0.6) is 0 Å². The highest BCUT2D eigenvalue weighted by Gasteiger charge is 2.05. The lowest BCUT2D eigenvalue weighted by molar-refractivity contribution is 0.288. The molecule has 1 aromatic carbocycles. The first-order valence-electron chi connectivity index (χ1n) is 8.21. The summed E-state index contributed by atoms with van der Waals surface area (Å²) >= 11 is 6.00. The minimum Gasteiger partial charge on any atom is -0.396 e. The number of benzene rings is 1. The van der Waals surface area contributed by atoms with Gasteiger partial charge in [-0.15, -0.1) is 0 Å². The first-order valence-corrected chi connectivity index (χ1v) is 8.59. The number of halogens is 1. The van der Waals surface area contributed by atoms with Crippen LogP contribution >= 0.6 is 11.6 Å². The summed E-state index contributed by atoms with van der Waals surface area (Å²) in [6.07, 6.45) is 6.12. The van der Waals surface area contributed by atoms with Crippen molar-refractivity contribution in [2.75, 3.05) is 18.5 Å². The van der Waals surface area contributed by atoms with Crippen LogP contribution in [0.15, 0.2) is 59.5 Å². The van der Waals surface area contributed by atoms with Gasteiger partial charge in [0.15, 0.2) is 0 Å². The molecule has 0 aliphatic heterocycles. The molecule has 0 amide bonds. The molecule has 0 unspecified atom stereocenters. The van der Waals surface area contributed by atoms with Crippen LogP contribution in [0, 0.1) is 0 Å². The largest absolute Gasteiger partial charge is 0.396 e. The van der Waals surface area contributed by atoms with Crippen LogP contribution in [0.3, 0.4) is 0 Å². The van der Waals surface area contributed by atoms with Crippen molar-refractivity contribution in [3.63, 3.8) is 0 Å². The Morgan fingerprint density at radius 2 is 2.23 bits per heavy atom. The zero-order valence-corrected chi connectivity index (χ0v) is 15.4. The number of nitrogens with one attached hydrogen (secondary N) is 2. The van der Waals surface area contributed by atoms with Gasteiger partial charge in [-0.1, -0.05) is 23.7 Å². The summed E-state index contributed by atoms with van der Waals surface area (Å²) in [6.45, 7) is 6.24. The van der Waals surface area contributed by atoms with E-state index in [-0.39, 0.29) is 6.61 Å². The number of hydrogen-bond acceptors (Lipinski definition) is 6. The van der Waals surface area contributed by atoms with Crippen molar-refractivity contribution < 1.29 is 5.11 Å². The van der Waals surface area contributed by atoms with E-state index in [1.165, 1.54) is 0 Å². The van der Waals surface area contributed by atoms with Crippen LogP contribution in [-0.4, -0.2) is 34.9 Å². The van der Waals surface area contributed by atoms with E-state index in [0.717, 1.165) is 17.0 Å². The molecule has 0 aliphatic rings. The number of allylic oxidation sites excluding steroid dienone is 3. The van der Waals surface area contributed by atoms with Crippen LogP contribution < -0.4 is 10.6 Å². The Morgan fingerprint density at radius 1 is 1.38 bits per heavy atom. The molecule has 1 aromatic heterocycles. The molecule has 2 rings (SSSR count). The fourth-order valence-corrected chi connectivity index (χ4v) is 2.37. The second-order valence-electron chi connectivity index (χ2n) is 5.34. The van der Waals surface area contributed by atoms with Gasteiger partial charge in [-0.2, -0.15) is 0 Å². The topological polar surface area (TPSA) is 82.4 Å². The maximum absolute atomic E-state index is 8.88. The molecule has 0 bridgehead atoms. The highest BCUT2D eigenvalue weighted by atomic mass is 35.5. The Morgan fingerprint density at radius 3 is 2.92 bits per heavy atom. The van der Waals surface area contributed by atoms with Crippen molar-refractivity contribution in [2.24, 2.45) is 4.99 Å². The van der Waals surface area contributed by atoms with E-state index >= 15 is 0 Å². The minimum absolute atomic E-state index is 0.123. The molecule has 136 valence electrons. The lowest BCUT2D eigenvalue weighted by Gasteiger charge is -2.09. The lowest BCUT2D eigenvalue weighted by Crippen LogP contribution is -2.14. The summed E-state index contributed by atoms with van der Waals surface area (Å²) < 4.78 is 0. The van der Waals surface area contributed by atoms with E-state index in [0.29, 0.717) is 29.8 Å². The van der Waals surface area contributed by atoms with Crippen molar-refractivity contribution in [1.29, 1.82) is 0 Å². The molecule has 0 aliphatic carbocycles. The van der Waals surface area contributed by atoms with Crippen molar-refractivity contribution in [3.05, 3.63) is 65.2 Å². The van der Waals surface area contributed by atoms with Gasteiger partial charge in [0, 0.05) is 30.1 Å². The van der Waals surface area contributed by atoms with Crippen molar-refractivity contribution in [3.8, 4) is 0 Å². The SMILES string of the molecule is C=N/C(=C\C(=C/C)c1ccnc(Nc2cccc(Cl)c2)n1)NCCCO. The highest BCUT2D eigenvalue weighted by Crippen LogP contribution is 2.20. The van der Waals surface area contributed by atoms with Crippen LogP contribution in [-0.2, 0) is 0 Å². The van der Waals surface area contributed by atoms with E-state index in [9.17, 15) is 0 Å². The van der Waals surface area contributed by atoms with Gasteiger partial charge in [-0.3, -0.25) is 0 Å². The summed E-state index contributed by atoms with van der Waals surface area (Å²) in [5.74, 6) is 1.09. The molecule has 0 atom stereocenters.